The van der Waals surface area contributed by atoms with Crippen molar-refractivity contribution in [2.24, 2.45) is 0 Å². The van der Waals surface area contributed by atoms with E-state index in [1.165, 1.54) is 0 Å². The van der Waals surface area contributed by atoms with Crippen LogP contribution in [0.5, 0.6) is 0 Å². The highest BCUT2D eigenvalue weighted by atomic mass is 32.2. The Kier molecular flexibility index (Phi) is 4.50. The van der Waals surface area contributed by atoms with Crippen LogP contribution in [0.4, 0.5) is 0 Å². The first-order valence-electron chi connectivity index (χ1n) is 5.88. The maximum atomic E-state index is 12.1. The zero-order chi connectivity index (χ0) is 12.3. The van der Waals surface area contributed by atoms with E-state index in [0.29, 0.717) is 18.1 Å². The van der Waals surface area contributed by atoms with Gasteiger partial charge >= 0.3 is 0 Å². The molecule has 16 heavy (non-hydrogen) atoms. The van der Waals surface area contributed by atoms with Gasteiger partial charge in [-0.1, -0.05) is 13.8 Å². The van der Waals surface area contributed by atoms with Gasteiger partial charge in [0.05, 0.1) is 11.7 Å². The molecule has 5 heteroatoms. The largest absolute Gasteiger partial charge is 0.325 e. The summed E-state index contributed by atoms with van der Waals surface area (Å²) in [5.41, 5.74) is -0.437. The second kappa shape index (κ2) is 5.27. The van der Waals surface area contributed by atoms with E-state index in [-0.39, 0.29) is 12.1 Å². The summed E-state index contributed by atoms with van der Waals surface area (Å²) in [6.45, 7) is 8.41. The number of amides is 1. The predicted molar refractivity (Wildman–Crippen MR) is 66.6 cm³/mol. The molecule has 1 N–H and O–H groups in total. The minimum atomic E-state index is -0.801. The minimum Gasteiger partial charge on any atom is -0.325 e. The first-order chi connectivity index (χ1) is 7.44. The molecule has 0 aromatic heterocycles. The SMILES string of the molecule is CCS(=O)CCN1C(=O)C(C)(CC)NC1C. The summed E-state index contributed by atoms with van der Waals surface area (Å²) in [4.78, 5) is 13.9. The molecule has 0 bridgehead atoms. The van der Waals surface area contributed by atoms with Crippen molar-refractivity contribution in [3.8, 4) is 0 Å². The van der Waals surface area contributed by atoms with Crippen LogP contribution in [0, 0.1) is 0 Å². The summed E-state index contributed by atoms with van der Waals surface area (Å²) in [5, 5.41) is 3.30. The van der Waals surface area contributed by atoms with E-state index < -0.39 is 16.3 Å². The third-order valence-electron chi connectivity index (χ3n) is 3.32. The Hall–Kier alpha value is -0.420. The predicted octanol–water partition coefficient (Wildman–Crippen LogP) is 0.701. The molecule has 0 spiro atoms. The van der Waals surface area contributed by atoms with Crippen LogP contribution in [0.25, 0.3) is 0 Å². The molecule has 3 unspecified atom stereocenters. The van der Waals surface area contributed by atoms with E-state index in [1.54, 1.807) is 4.90 Å². The Labute approximate surface area is 100 Å². The second-order valence-corrected chi connectivity index (χ2v) is 6.30. The molecule has 1 rings (SSSR count). The fourth-order valence-corrected chi connectivity index (χ4v) is 2.68. The lowest BCUT2D eigenvalue weighted by atomic mass is 9.99. The van der Waals surface area contributed by atoms with Crippen molar-refractivity contribution in [2.75, 3.05) is 18.1 Å². The Morgan fingerprint density at radius 2 is 2.12 bits per heavy atom. The van der Waals surface area contributed by atoms with Gasteiger partial charge in [0, 0.05) is 28.9 Å². The van der Waals surface area contributed by atoms with E-state index in [1.807, 2.05) is 27.7 Å². The Balaban J connectivity index is 2.61. The van der Waals surface area contributed by atoms with Crippen LogP contribution in [-0.4, -0.2) is 44.8 Å². The van der Waals surface area contributed by atoms with E-state index in [9.17, 15) is 9.00 Å². The highest BCUT2D eigenvalue weighted by Gasteiger charge is 2.44. The fraction of sp³-hybridized carbons (Fsp3) is 0.909. The van der Waals surface area contributed by atoms with Crippen molar-refractivity contribution in [1.29, 1.82) is 0 Å². The Morgan fingerprint density at radius 1 is 1.50 bits per heavy atom. The van der Waals surface area contributed by atoms with Crippen LogP contribution in [0.3, 0.4) is 0 Å². The van der Waals surface area contributed by atoms with Gasteiger partial charge in [0.15, 0.2) is 0 Å². The van der Waals surface area contributed by atoms with Gasteiger partial charge in [-0.15, -0.1) is 0 Å². The summed E-state index contributed by atoms with van der Waals surface area (Å²) in [6.07, 6.45) is 0.829. The molecule has 0 radical (unpaired) electrons. The lowest BCUT2D eigenvalue weighted by Crippen LogP contribution is -2.43. The van der Waals surface area contributed by atoms with Crippen LogP contribution in [0.15, 0.2) is 0 Å². The Bertz CT molecular complexity index is 296. The first kappa shape index (κ1) is 13.6. The fourth-order valence-electron chi connectivity index (χ4n) is 1.99. The smallest absolute Gasteiger partial charge is 0.243 e. The number of carbonyl (C=O) groups is 1. The molecule has 0 aliphatic carbocycles. The molecular formula is C11H22N2O2S. The molecule has 1 aliphatic rings. The van der Waals surface area contributed by atoms with E-state index in [0.717, 1.165) is 6.42 Å². The van der Waals surface area contributed by atoms with Crippen molar-refractivity contribution in [3.05, 3.63) is 0 Å². The van der Waals surface area contributed by atoms with Crippen molar-refractivity contribution >= 4 is 16.7 Å². The molecule has 1 heterocycles. The normalized spacial score (nSPS) is 32.1. The lowest BCUT2D eigenvalue weighted by Gasteiger charge is -2.21. The van der Waals surface area contributed by atoms with Gasteiger partial charge in [0.2, 0.25) is 5.91 Å². The summed E-state index contributed by atoms with van der Waals surface area (Å²) in [5.74, 6) is 1.37. The number of rotatable bonds is 5. The quantitative estimate of drug-likeness (QED) is 0.777. The average Bonchev–Trinajstić information content (AvgIpc) is 2.48. The molecule has 1 fully saturated rings. The van der Waals surface area contributed by atoms with Gasteiger partial charge in [0.25, 0.3) is 0 Å². The van der Waals surface area contributed by atoms with Gasteiger partial charge in [0.1, 0.15) is 0 Å². The zero-order valence-corrected chi connectivity index (χ0v) is 11.4. The van der Waals surface area contributed by atoms with E-state index >= 15 is 0 Å². The molecule has 0 aromatic rings. The van der Waals surface area contributed by atoms with Crippen LogP contribution in [0.2, 0.25) is 0 Å². The highest BCUT2D eigenvalue weighted by Crippen LogP contribution is 2.22. The number of nitrogens with zero attached hydrogens (tertiary/aromatic N) is 1. The van der Waals surface area contributed by atoms with Crippen LogP contribution >= 0.6 is 0 Å². The molecular weight excluding hydrogens is 224 g/mol. The maximum absolute atomic E-state index is 12.1. The maximum Gasteiger partial charge on any atom is 0.243 e. The highest BCUT2D eigenvalue weighted by molar-refractivity contribution is 7.84. The average molecular weight is 246 g/mol. The van der Waals surface area contributed by atoms with Gasteiger partial charge in [-0.05, 0) is 20.3 Å². The summed E-state index contributed by atoms with van der Waals surface area (Å²) in [6, 6.07) is 0. The van der Waals surface area contributed by atoms with Gasteiger partial charge in [-0.25, -0.2) is 0 Å². The van der Waals surface area contributed by atoms with Crippen LogP contribution in [-0.2, 0) is 15.6 Å². The van der Waals surface area contributed by atoms with E-state index in [2.05, 4.69) is 5.32 Å². The number of nitrogens with one attached hydrogen (secondary N) is 1. The lowest BCUT2D eigenvalue weighted by molar-refractivity contribution is -0.132. The van der Waals surface area contributed by atoms with Crippen molar-refractivity contribution < 1.29 is 9.00 Å². The summed E-state index contributed by atoms with van der Waals surface area (Å²) >= 11 is 0. The molecule has 1 saturated heterocycles. The molecule has 94 valence electrons. The second-order valence-electron chi connectivity index (χ2n) is 4.44. The topological polar surface area (TPSA) is 49.4 Å². The number of hydrogen-bond acceptors (Lipinski definition) is 3. The van der Waals surface area contributed by atoms with E-state index in [4.69, 9.17) is 0 Å². The summed E-state index contributed by atoms with van der Waals surface area (Å²) < 4.78 is 11.4. The first-order valence-corrected chi connectivity index (χ1v) is 7.37. The van der Waals surface area contributed by atoms with Crippen molar-refractivity contribution in [3.63, 3.8) is 0 Å². The molecule has 4 nitrogen and oxygen atoms in total. The van der Waals surface area contributed by atoms with Gasteiger partial charge in [-0.2, -0.15) is 0 Å². The summed E-state index contributed by atoms with van der Waals surface area (Å²) in [7, 11) is -0.801. The monoisotopic (exact) mass is 246 g/mol. The number of carbonyl (C=O) groups excluding carboxylic acids is 1. The third kappa shape index (κ3) is 2.63. The standard InChI is InChI=1S/C11H22N2O2S/c1-5-11(4)10(14)13(9(3)12-11)7-8-16(15)6-2/h9,12H,5-8H2,1-4H3. The Morgan fingerprint density at radius 3 is 2.56 bits per heavy atom. The molecule has 0 aromatic carbocycles. The molecule has 1 amide bonds. The molecule has 3 atom stereocenters. The van der Waals surface area contributed by atoms with Crippen molar-refractivity contribution in [2.45, 2.75) is 45.8 Å². The van der Waals surface area contributed by atoms with Gasteiger partial charge < -0.3 is 4.90 Å². The molecule has 0 saturated carbocycles. The minimum absolute atomic E-state index is 0.0475. The van der Waals surface area contributed by atoms with Gasteiger partial charge in [-0.3, -0.25) is 14.3 Å². The molecule has 1 aliphatic heterocycles. The van der Waals surface area contributed by atoms with Crippen molar-refractivity contribution in [1.82, 2.24) is 10.2 Å². The zero-order valence-electron chi connectivity index (χ0n) is 10.6. The van der Waals surface area contributed by atoms with Crippen LogP contribution in [0.1, 0.15) is 34.1 Å². The third-order valence-corrected chi connectivity index (χ3v) is 4.60. The number of hydrogen-bond donors (Lipinski definition) is 1. The van der Waals surface area contributed by atoms with Crippen LogP contribution < -0.4 is 5.32 Å².